The van der Waals surface area contributed by atoms with Gasteiger partial charge in [0.25, 0.3) is 0 Å². The van der Waals surface area contributed by atoms with Crippen LogP contribution in [0.5, 0.6) is 0 Å². The van der Waals surface area contributed by atoms with Gasteiger partial charge in [-0.3, -0.25) is 9.13 Å². The molecule has 0 bridgehead atoms. The number of nitrogens with zero attached hydrogens (tertiary/aromatic N) is 2. The highest BCUT2D eigenvalue weighted by molar-refractivity contribution is 5.77. The van der Waals surface area contributed by atoms with Crippen molar-refractivity contribution in [2.45, 2.75) is 53.2 Å². The molecule has 20 heavy (non-hydrogen) atoms. The van der Waals surface area contributed by atoms with Crippen LogP contribution in [0, 0.1) is 5.92 Å². The first-order chi connectivity index (χ1) is 9.54. The number of aryl methyl sites for hydroxylation is 2. The lowest BCUT2D eigenvalue weighted by Gasteiger charge is -2.19. The second-order valence-corrected chi connectivity index (χ2v) is 5.43. The molecule has 1 heterocycles. The molecule has 0 fully saturated rings. The van der Waals surface area contributed by atoms with Gasteiger partial charge in [0, 0.05) is 19.1 Å². The summed E-state index contributed by atoms with van der Waals surface area (Å²) >= 11 is 0. The van der Waals surface area contributed by atoms with Crippen molar-refractivity contribution in [1.29, 1.82) is 0 Å². The molecule has 0 saturated carbocycles. The van der Waals surface area contributed by atoms with Crippen LogP contribution in [0.2, 0.25) is 0 Å². The van der Waals surface area contributed by atoms with Crippen LogP contribution in [0.3, 0.4) is 0 Å². The van der Waals surface area contributed by atoms with Gasteiger partial charge >= 0.3 is 5.69 Å². The molecule has 0 radical (unpaired) electrons. The topological polar surface area (TPSA) is 52.9 Å². The molecule has 4 heteroatoms. The van der Waals surface area contributed by atoms with E-state index in [0.29, 0.717) is 19.0 Å². The molecule has 0 spiro atoms. The minimum absolute atomic E-state index is 0.0229. The number of fused-ring (bicyclic) bond motifs is 1. The molecule has 0 aliphatic rings. The van der Waals surface area contributed by atoms with Crippen LogP contribution in [-0.2, 0) is 13.1 Å². The van der Waals surface area contributed by atoms with Crippen LogP contribution in [0.4, 0.5) is 0 Å². The summed E-state index contributed by atoms with van der Waals surface area (Å²) < 4.78 is 3.64. The van der Waals surface area contributed by atoms with Gasteiger partial charge in [0.05, 0.1) is 11.0 Å². The third-order valence-electron chi connectivity index (χ3n) is 4.32. The molecular weight excluding hydrogens is 250 g/mol. The molecule has 110 valence electrons. The quantitative estimate of drug-likeness (QED) is 0.912. The van der Waals surface area contributed by atoms with Gasteiger partial charge in [-0.25, -0.2) is 4.79 Å². The lowest BCUT2D eigenvalue weighted by atomic mass is 9.93. The number of aromatic nitrogens is 2. The molecule has 0 saturated heterocycles. The van der Waals surface area contributed by atoms with Crippen LogP contribution >= 0.6 is 0 Å². The number of hydrogen-bond donors (Lipinski definition) is 1. The summed E-state index contributed by atoms with van der Waals surface area (Å²) in [6.45, 7) is 9.70. The zero-order valence-corrected chi connectivity index (χ0v) is 12.9. The average molecular weight is 275 g/mol. The molecular formula is C16H25N3O. The van der Waals surface area contributed by atoms with Crippen molar-refractivity contribution in [3.63, 3.8) is 0 Å². The van der Waals surface area contributed by atoms with Gasteiger partial charge < -0.3 is 5.73 Å². The lowest BCUT2D eigenvalue weighted by molar-refractivity contribution is 0.457. The maximum absolute atomic E-state index is 12.3. The van der Waals surface area contributed by atoms with E-state index in [1.807, 2.05) is 29.0 Å². The summed E-state index contributed by atoms with van der Waals surface area (Å²) in [6, 6.07) is 6.20. The molecule has 2 aromatic rings. The first kappa shape index (κ1) is 14.9. The Morgan fingerprint density at radius 1 is 1.10 bits per heavy atom. The minimum atomic E-state index is 0.0229. The van der Waals surface area contributed by atoms with Crippen molar-refractivity contribution >= 4 is 11.0 Å². The Bertz CT molecular complexity index is 654. The number of imidazole rings is 1. The Labute approximate surface area is 120 Å². The Balaban J connectivity index is 2.62. The van der Waals surface area contributed by atoms with E-state index in [-0.39, 0.29) is 11.7 Å². The van der Waals surface area contributed by atoms with Gasteiger partial charge in [0.15, 0.2) is 0 Å². The highest BCUT2D eigenvalue weighted by Gasteiger charge is 2.16. The van der Waals surface area contributed by atoms with Crippen LogP contribution < -0.4 is 11.4 Å². The first-order valence-electron chi connectivity index (χ1n) is 7.53. The van der Waals surface area contributed by atoms with E-state index in [9.17, 15) is 4.79 Å². The minimum Gasteiger partial charge on any atom is -0.324 e. The lowest BCUT2D eigenvalue weighted by Crippen LogP contribution is -2.23. The number of hydrogen-bond acceptors (Lipinski definition) is 2. The summed E-state index contributed by atoms with van der Waals surface area (Å²) in [5.41, 5.74) is 9.49. The van der Waals surface area contributed by atoms with Crippen molar-refractivity contribution in [3.05, 3.63) is 34.2 Å². The van der Waals surface area contributed by atoms with Gasteiger partial charge in [0.2, 0.25) is 0 Å². The Hall–Kier alpha value is -1.55. The Kier molecular flexibility index (Phi) is 4.33. The summed E-state index contributed by atoms with van der Waals surface area (Å²) in [5.74, 6) is 0.433. The predicted molar refractivity (Wildman–Crippen MR) is 83.9 cm³/mol. The van der Waals surface area contributed by atoms with Crippen LogP contribution in [0.25, 0.3) is 11.0 Å². The average Bonchev–Trinajstić information content (AvgIpc) is 2.75. The highest BCUT2D eigenvalue weighted by Crippen LogP contribution is 2.25. The van der Waals surface area contributed by atoms with Gasteiger partial charge in [-0.15, -0.1) is 0 Å². The fourth-order valence-electron chi connectivity index (χ4n) is 2.74. The summed E-state index contributed by atoms with van der Waals surface area (Å²) in [7, 11) is 0. The van der Waals surface area contributed by atoms with Gasteiger partial charge in [-0.05, 0) is 37.5 Å². The third kappa shape index (κ3) is 2.29. The molecule has 2 rings (SSSR count). The maximum Gasteiger partial charge on any atom is 0.329 e. The van der Waals surface area contributed by atoms with E-state index in [0.717, 1.165) is 23.0 Å². The van der Waals surface area contributed by atoms with Crippen molar-refractivity contribution in [2.75, 3.05) is 0 Å². The molecule has 2 unspecified atom stereocenters. The molecule has 0 aliphatic carbocycles. The first-order valence-corrected chi connectivity index (χ1v) is 7.53. The normalized spacial score (nSPS) is 14.7. The van der Waals surface area contributed by atoms with E-state index < -0.39 is 0 Å². The van der Waals surface area contributed by atoms with E-state index in [1.165, 1.54) is 0 Å². The second-order valence-electron chi connectivity index (χ2n) is 5.43. The van der Waals surface area contributed by atoms with Crippen molar-refractivity contribution in [3.8, 4) is 0 Å². The van der Waals surface area contributed by atoms with Gasteiger partial charge in [0.1, 0.15) is 0 Å². The monoisotopic (exact) mass is 275 g/mol. The number of nitrogens with two attached hydrogens (primary N) is 1. The van der Waals surface area contributed by atoms with Gasteiger partial charge in [-0.2, -0.15) is 0 Å². The van der Waals surface area contributed by atoms with E-state index >= 15 is 0 Å². The Morgan fingerprint density at radius 3 is 2.25 bits per heavy atom. The third-order valence-corrected chi connectivity index (χ3v) is 4.32. The van der Waals surface area contributed by atoms with Gasteiger partial charge in [-0.1, -0.05) is 26.3 Å². The Morgan fingerprint density at radius 2 is 1.70 bits per heavy atom. The fourth-order valence-corrected chi connectivity index (χ4v) is 2.74. The largest absolute Gasteiger partial charge is 0.329 e. The molecule has 2 N–H and O–H groups in total. The zero-order chi connectivity index (χ0) is 14.9. The number of rotatable bonds is 5. The maximum atomic E-state index is 12.3. The second kappa shape index (κ2) is 5.83. The molecule has 1 aromatic carbocycles. The summed E-state index contributed by atoms with van der Waals surface area (Å²) in [6.07, 6.45) is 1.05. The zero-order valence-electron chi connectivity index (χ0n) is 12.9. The van der Waals surface area contributed by atoms with E-state index in [4.69, 9.17) is 5.73 Å². The summed E-state index contributed by atoms with van der Waals surface area (Å²) in [4.78, 5) is 12.3. The SMILES string of the molecule is CCC(C)C(N)c1ccc2c(c1)n(CC)c(=O)n2CC. The molecule has 0 aliphatic heterocycles. The summed E-state index contributed by atoms with van der Waals surface area (Å²) in [5, 5.41) is 0. The van der Waals surface area contributed by atoms with Crippen LogP contribution in [0.15, 0.2) is 23.0 Å². The van der Waals surface area contributed by atoms with E-state index in [1.54, 1.807) is 0 Å². The van der Waals surface area contributed by atoms with Crippen molar-refractivity contribution in [1.82, 2.24) is 9.13 Å². The smallest absolute Gasteiger partial charge is 0.324 e. The predicted octanol–water partition coefficient (Wildman–Crippen LogP) is 2.89. The van der Waals surface area contributed by atoms with Crippen molar-refractivity contribution < 1.29 is 0 Å². The van der Waals surface area contributed by atoms with Crippen LogP contribution in [-0.4, -0.2) is 9.13 Å². The standard InChI is InChI=1S/C16H25N3O/c1-5-11(4)15(17)12-8-9-13-14(10-12)19(7-3)16(20)18(13)6-2/h8-11,15H,5-7,17H2,1-4H3. The number of benzene rings is 1. The van der Waals surface area contributed by atoms with Crippen LogP contribution in [0.1, 0.15) is 45.7 Å². The molecule has 0 amide bonds. The molecule has 4 nitrogen and oxygen atoms in total. The van der Waals surface area contributed by atoms with Crippen molar-refractivity contribution in [2.24, 2.45) is 11.7 Å². The highest BCUT2D eigenvalue weighted by atomic mass is 16.1. The molecule has 1 aromatic heterocycles. The fraction of sp³-hybridized carbons (Fsp3) is 0.562. The van der Waals surface area contributed by atoms with E-state index in [2.05, 4.69) is 26.0 Å². The molecule has 2 atom stereocenters.